The Balaban J connectivity index is 3.25. The second-order valence-corrected chi connectivity index (χ2v) is 6.84. The Morgan fingerprint density at radius 1 is 0.909 bits per heavy atom. The molecule has 3 heteroatoms. The highest BCUT2D eigenvalue weighted by Crippen LogP contribution is 2.19. The van der Waals surface area contributed by atoms with Crippen molar-refractivity contribution in [2.24, 2.45) is 5.41 Å². The fourth-order valence-corrected chi connectivity index (χ4v) is 2.45. The maximum absolute atomic E-state index is 11.8. The van der Waals surface area contributed by atoms with E-state index in [1.807, 2.05) is 0 Å². The van der Waals surface area contributed by atoms with E-state index in [2.05, 4.69) is 18.3 Å². The number of hydrogen-bond acceptors (Lipinski definition) is 3. The van der Waals surface area contributed by atoms with Gasteiger partial charge in [-0.1, -0.05) is 51.9 Å². The van der Waals surface area contributed by atoms with E-state index < -0.39 is 5.41 Å². The van der Waals surface area contributed by atoms with Crippen LogP contribution in [0.3, 0.4) is 0 Å². The number of hydrogen-bond donors (Lipinski definition) is 1. The van der Waals surface area contributed by atoms with E-state index in [1.165, 1.54) is 57.9 Å². The zero-order valence-corrected chi connectivity index (χ0v) is 15.0. The molecule has 0 saturated carbocycles. The van der Waals surface area contributed by atoms with E-state index in [4.69, 9.17) is 5.26 Å². The summed E-state index contributed by atoms with van der Waals surface area (Å²) in [7, 11) is 0. The molecular weight excluding hydrogens is 272 g/mol. The molecule has 0 saturated heterocycles. The summed E-state index contributed by atoms with van der Waals surface area (Å²) in [5.74, 6) is 0.0895. The lowest BCUT2D eigenvalue weighted by atomic mass is 9.87. The van der Waals surface area contributed by atoms with Crippen LogP contribution in [0.15, 0.2) is 0 Å². The van der Waals surface area contributed by atoms with Crippen molar-refractivity contribution in [1.29, 1.82) is 5.26 Å². The molecule has 0 radical (unpaired) electrons. The summed E-state index contributed by atoms with van der Waals surface area (Å²) >= 11 is 0. The third kappa shape index (κ3) is 11.7. The molecule has 0 unspecified atom stereocenters. The Morgan fingerprint density at radius 3 is 1.91 bits per heavy atom. The fraction of sp³-hybridized carbons (Fsp3) is 0.895. The lowest BCUT2D eigenvalue weighted by molar-refractivity contribution is -0.124. The summed E-state index contributed by atoms with van der Waals surface area (Å²) in [6.07, 6.45) is 13.0. The van der Waals surface area contributed by atoms with Crippen molar-refractivity contribution in [2.45, 2.75) is 91.4 Å². The predicted octanol–water partition coefficient (Wildman–Crippen LogP) is 5.01. The molecule has 22 heavy (non-hydrogen) atoms. The van der Waals surface area contributed by atoms with Crippen LogP contribution < -0.4 is 5.32 Å². The van der Waals surface area contributed by atoms with Gasteiger partial charge < -0.3 is 5.32 Å². The highest BCUT2D eigenvalue weighted by Gasteiger charge is 2.25. The lowest BCUT2D eigenvalue weighted by Crippen LogP contribution is -2.21. The fourth-order valence-electron chi connectivity index (χ4n) is 2.45. The van der Waals surface area contributed by atoms with Gasteiger partial charge in [0, 0.05) is 6.42 Å². The first kappa shape index (κ1) is 21.1. The Morgan fingerprint density at radius 2 is 1.41 bits per heavy atom. The zero-order valence-electron chi connectivity index (χ0n) is 15.0. The topological polar surface area (TPSA) is 52.9 Å². The van der Waals surface area contributed by atoms with Crippen LogP contribution in [0.5, 0.6) is 0 Å². The number of Topliss-reactive ketones (excluding diaryl/α,β-unsaturated/α-hetero) is 1. The average Bonchev–Trinajstić information content (AvgIpc) is 2.51. The van der Waals surface area contributed by atoms with Crippen LogP contribution in [-0.4, -0.2) is 18.9 Å². The van der Waals surface area contributed by atoms with Crippen molar-refractivity contribution in [2.75, 3.05) is 13.1 Å². The molecule has 0 amide bonds. The van der Waals surface area contributed by atoms with E-state index in [0.717, 1.165) is 19.4 Å². The van der Waals surface area contributed by atoms with Gasteiger partial charge in [-0.15, -0.1) is 0 Å². The number of nitriles is 1. The lowest BCUT2D eigenvalue weighted by Gasteiger charge is -2.12. The Kier molecular flexibility index (Phi) is 13.2. The van der Waals surface area contributed by atoms with Crippen LogP contribution in [0.1, 0.15) is 91.4 Å². The smallest absolute Gasteiger partial charge is 0.152 e. The molecule has 0 fully saturated rings. The first-order valence-corrected chi connectivity index (χ1v) is 9.20. The zero-order chi connectivity index (χ0) is 16.7. The number of carbonyl (C=O) groups excluding carboxylic acids is 1. The van der Waals surface area contributed by atoms with Gasteiger partial charge in [-0.25, -0.2) is 0 Å². The third-order valence-corrected chi connectivity index (χ3v) is 4.16. The van der Waals surface area contributed by atoms with Gasteiger partial charge in [0.1, 0.15) is 5.41 Å². The molecule has 3 nitrogen and oxygen atoms in total. The number of ketones is 1. The maximum Gasteiger partial charge on any atom is 0.152 e. The van der Waals surface area contributed by atoms with Crippen LogP contribution in [0.2, 0.25) is 0 Å². The summed E-state index contributed by atoms with van der Waals surface area (Å²) in [6.45, 7) is 7.95. The summed E-state index contributed by atoms with van der Waals surface area (Å²) in [4.78, 5) is 11.8. The highest BCUT2D eigenvalue weighted by atomic mass is 16.1. The first-order valence-electron chi connectivity index (χ1n) is 9.20. The minimum atomic E-state index is -0.800. The molecule has 0 aromatic heterocycles. The number of carbonyl (C=O) groups is 1. The number of unbranched alkanes of at least 4 members (excludes halogenated alkanes) is 8. The van der Waals surface area contributed by atoms with Crippen molar-refractivity contribution in [3.63, 3.8) is 0 Å². The van der Waals surface area contributed by atoms with Gasteiger partial charge in [0.25, 0.3) is 0 Å². The molecule has 0 bridgehead atoms. The van der Waals surface area contributed by atoms with Gasteiger partial charge >= 0.3 is 0 Å². The van der Waals surface area contributed by atoms with Gasteiger partial charge in [-0.3, -0.25) is 4.79 Å². The second-order valence-electron chi connectivity index (χ2n) is 6.84. The molecule has 0 spiro atoms. The van der Waals surface area contributed by atoms with E-state index >= 15 is 0 Å². The molecule has 0 aliphatic carbocycles. The SMILES string of the molecule is CCCNCCCCCCCCCCCC(=O)C(C)(C)C#N. The largest absolute Gasteiger partial charge is 0.317 e. The number of rotatable bonds is 15. The highest BCUT2D eigenvalue weighted by molar-refractivity contribution is 5.86. The van der Waals surface area contributed by atoms with Gasteiger partial charge in [0.15, 0.2) is 5.78 Å². The van der Waals surface area contributed by atoms with Gasteiger partial charge in [-0.05, 0) is 46.2 Å². The normalized spacial score (nSPS) is 11.4. The summed E-state index contributed by atoms with van der Waals surface area (Å²) < 4.78 is 0. The van der Waals surface area contributed by atoms with Crippen molar-refractivity contribution < 1.29 is 4.79 Å². The molecule has 0 aromatic carbocycles. The maximum atomic E-state index is 11.8. The minimum absolute atomic E-state index is 0.0895. The number of nitrogens with one attached hydrogen (secondary N) is 1. The Hall–Kier alpha value is -0.880. The van der Waals surface area contributed by atoms with Crippen LogP contribution >= 0.6 is 0 Å². The van der Waals surface area contributed by atoms with E-state index in [0.29, 0.717) is 6.42 Å². The number of nitrogens with zero attached hydrogens (tertiary/aromatic N) is 1. The first-order chi connectivity index (χ1) is 10.5. The molecule has 0 aromatic rings. The molecule has 128 valence electrons. The molecule has 0 rings (SSSR count). The van der Waals surface area contributed by atoms with Crippen molar-refractivity contribution >= 4 is 5.78 Å². The van der Waals surface area contributed by atoms with E-state index in [9.17, 15) is 4.79 Å². The Labute approximate surface area is 137 Å². The molecular formula is C19H36N2O. The monoisotopic (exact) mass is 308 g/mol. The van der Waals surface area contributed by atoms with Crippen LogP contribution in [0, 0.1) is 16.7 Å². The van der Waals surface area contributed by atoms with E-state index in [-0.39, 0.29) is 5.78 Å². The van der Waals surface area contributed by atoms with Gasteiger partial charge in [0.05, 0.1) is 6.07 Å². The average molecular weight is 309 g/mol. The summed E-state index contributed by atoms with van der Waals surface area (Å²) in [5.41, 5.74) is -0.800. The molecule has 0 heterocycles. The quantitative estimate of drug-likeness (QED) is 0.433. The van der Waals surface area contributed by atoms with Crippen molar-refractivity contribution in [3.8, 4) is 6.07 Å². The molecule has 0 aliphatic heterocycles. The molecule has 0 atom stereocenters. The molecule has 1 N–H and O–H groups in total. The molecule has 0 aliphatic rings. The van der Waals surface area contributed by atoms with Gasteiger partial charge in [-0.2, -0.15) is 5.26 Å². The van der Waals surface area contributed by atoms with Crippen molar-refractivity contribution in [3.05, 3.63) is 0 Å². The van der Waals surface area contributed by atoms with Crippen LogP contribution in [0.25, 0.3) is 0 Å². The van der Waals surface area contributed by atoms with Crippen molar-refractivity contribution in [1.82, 2.24) is 5.32 Å². The minimum Gasteiger partial charge on any atom is -0.317 e. The second kappa shape index (κ2) is 13.8. The van der Waals surface area contributed by atoms with E-state index in [1.54, 1.807) is 13.8 Å². The summed E-state index contributed by atoms with van der Waals surface area (Å²) in [6, 6.07) is 2.08. The standard InChI is InChI=1S/C19H36N2O/c1-4-15-21-16-13-11-9-7-5-6-8-10-12-14-18(22)19(2,3)17-20/h21H,4-16H2,1-3H3. The predicted molar refractivity (Wildman–Crippen MR) is 93.7 cm³/mol. The third-order valence-electron chi connectivity index (χ3n) is 4.16. The van der Waals surface area contributed by atoms with Crippen LogP contribution in [0.4, 0.5) is 0 Å². The summed E-state index contributed by atoms with van der Waals surface area (Å²) in [5, 5.41) is 12.3. The van der Waals surface area contributed by atoms with Crippen LogP contribution in [-0.2, 0) is 4.79 Å². The van der Waals surface area contributed by atoms with Gasteiger partial charge in [0.2, 0.25) is 0 Å². The Bertz CT molecular complexity index is 318.